The summed E-state index contributed by atoms with van der Waals surface area (Å²) in [7, 11) is 0. The molecule has 1 rings (SSSR count). The van der Waals surface area contributed by atoms with Crippen molar-refractivity contribution in [2.45, 2.75) is 69.3 Å². The molecule has 1 aliphatic rings. The number of esters is 1. The Kier molecular flexibility index (Phi) is 4.99. The van der Waals surface area contributed by atoms with Crippen LogP contribution in [0.4, 0.5) is 22.0 Å². The molecule has 0 spiro atoms. The molecule has 1 saturated carbocycles. The van der Waals surface area contributed by atoms with Crippen molar-refractivity contribution in [2.24, 2.45) is 0 Å². The number of hydrogen-bond donors (Lipinski definition) is 1. The highest BCUT2D eigenvalue weighted by molar-refractivity contribution is 5.79. The third kappa shape index (κ3) is 4.29. The van der Waals surface area contributed by atoms with Crippen LogP contribution in [0.15, 0.2) is 0 Å². The Balaban J connectivity index is 2.65. The number of hydrogen-bond acceptors (Lipinski definition) is 3. The molecule has 0 saturated heterocycles. The largest absolute Gasteiger partial charge is 0.460 e. The van der Waals surface area contributed by atoms with Crippen molar-refractivity contribution in [3.63, 3.8) is 0 Å². The Morgan fingerprint density at radius 2 is 1.65 bits per heavy atom. The summed E-state index contributed by atoms with van der Waals surface area (Å²) >= 11 is 0. The fraction of sp³-hybridized carbons (Fsp3) is 0.917. The molecule has 0 bridgehead atoms. The van der Waals surface area contributed by atoms with E-state index in [4.69, 9.17) is 4.74 Å². The van der Waals surface area contributed by atoms with Crippen molar-refractivity contribution >= 4 is 5.97 Å². The first-order chi connectivity index (χ1) is 8.96. The SMILES string of the molecule is CC(O)(CC(F)(F)C(F)(F)F)C(=O)OC1CCCCC1. The first-order valence-corrected chi connectivity index (χ1v) is 6.34. The van der Waals surface area contributed by atoms with Gasteiger partial charge in [0, 0.05) is 0 Å². The number of halogens is 5. The highest BCUT2D eigenvalue weighted by Crippen LogP contribution is 2.41. The van der Waals surface area contributed by atoms with E-state index < -0.39 is 36.2 Å². The van der Waals surface area contributed by atoms with Crippen LogP contribution in [-0.4, -0.2) is 34.9 Å². The van der Waals surface area contributed by atoms with E-state index >= 15 is 0 Å². The lowest BCUT2D eigenvalue weighted by Gasteiger charge is -2.30. The summed E-state index contributed by atoms with van der Waals surface area (Å²) in [5.74, 6) is -6.59. The van der Waals surface area contributed by atoms with Crippen LogP contribution in [-0.2, 0) is 9.53 Å². The zero-order chi connectivity index (χ0) is 15.6. The van der Waals surface area contributed by atoms with Crippen molar-refractivity contribution in [1.29, 1.82) is 0 Å². The molecule has 3 nitrogen and oxygen atoms in total. The number of rotatable bonds is 4. The fourth-order valence-corrected chi connectivity index (χ4v) is 2.07. The minimum absolute atomic E-state index is 0.525. The highest BCUT2D eigenvalue weighted by Gasteiger charge is 2.61. The van der Waals surface area contributed by atoms with Crippen LogP contribution in [0.5, 0.6) is 0 Å². The van der Waals surface area contributed by atoms with Gasteiger partial charge in [0.1, 0.15) is 6.10 Å². The Labute approximate surface area is 113 Å². The van der Waals surface area contributed by atoms with E-state index in [1.54, 1.807) is 0 Å². The van der Waals surface area contributed by atoms with Gasteiger partial charge in [0.15, 0.2) is 5.60 Å². The van der Waals surface area contributed by atoms with E-state index in [2.05, 4.69) is 0 Å². The van der Waals surface area contributed by atoms with Gasteiger partial charge in [0.2, 0.25) is 0 Å². The van der Waals surface area contributed by atoms with Crippen LogP contribution in [0.25, 0.3) is 0 Å². The summed E-state index contributed by atoms with van der Waals surface area (Å²) in [5, 5.41) is 9.56. The van der Waals surface area contributed by atoms with Crippen LogP contribution in [0.1, 0.15) is 45.4 Å². The van der Waals surface area contributed by atoms with Crippen molar-refractivity contribution in [2.75, 3.05) is 0 Å². The van der Waals surface area contributed by atoms with E-state index in [1.165, 1.54) is 0 Å². The first kappa shape index (κ1) is 17.1. The lowest BCUT2D eigenvalue weighted by Crippen LogP contribution is -2.49. The van der Waals surface area contributed by atoms with E-state index in [0.717, 1.165) is 19.3 Å². The predicted octanol–water partition coefficient (Wildman–Crippen LogP) is 3.20. The quantitative estimate of drug-likeness (QED) is 0.641. The molecule has 1 aliphatic carbocycles. The van der Waals surface area contributed by atoms with Gasteiger partial charge in [0.05, 0.1) is 6.42 Å². The van der Waals surface area contributed by atoms with Gasteiger partial charge in [-0.3, -0.25) is 0 Å². The molecular formula is C12H17F5O3. The van der Waals surface area contributed by atoms with Crippen molar-refractivity contribution in [3.05, 3.63) is 0 Å². The van der Waals surface area contributed by atoms with Crippen LogP contribution >= 0.6 is 0 Å². The van der Waals surface area contributed by atoms with Gasteiger partial charge in [-0.1, -0.05) is 6.42 Å². The fourth-order valence-electron chi connectivity index (χ4n) is 2.07. The van der Waals surface area contributed by atoms with Crippen LogP contribution in [0.2, 0.25) is 0 Å². The number of carbonyl (C=O) groups is 1. The standard InChI is InChI=1S/C12H17F5O3/c1-10(19,7-11(13,14)12(15,16)17)9(18)20-8-5-3-2-4-6-8/h8,19H,2-7H2,1H3. The van der Waals surface area contributed by atoms with Gasteiger partial charge < -0.3 is 9.84 Å². The summed E-state index contributed by atoms with van der Waals surface area (Å²) in [5.41, 5.74) is -2.88. The second kappa shape index (κ2) is 5.83. The summed E-state index contributed by atoms with van der Waals surface area (Å²) < 4.78 is 66.8. The van der Waals surface area contributed by atoms with Gasteiger partial charge >= 0.3 is 18.1 Å². The van der Waals surface area contributed by atoms with Crippen molar-refractivity contribution < 1.29 is 36.6 Å². The highest BCUT2D eigenvalue weighted by atomic mass is 19.4. The Hall–Kier alpha value is -0.920. The van der Waals surface area contributed by atoms with Crippen LogP contribution in [0, 0.1) is 0 Å². The second-order valence-electron chi connectivity index (χ2n) is 5.32. The van der Waals surface area contributed by atoms with Gasteiger partial charge in [-0.05, 0) is 32.6 Å². The predicted molar refractivity (Wildman–Crippen MR) is 59.2 cm³/mol. The van der Waals surface area contributed by atoms with Crippen molar-refractivity contribution in [3.8, 4) is 0 Å². The molecule has 0 amide bonds. The normalized spacial score (nSPS) is 21.4. The molecule has 0 radical (unpaired) electrons. The zero-order valence-electron chi connectivity index (χ0n) is 11.0. The number of carbonyl (C=O) groups excluding carboxylic acids is 1. The summed E-state index contributed by atoms with van der Waals surface area (Å²) in [6, 6.07) is 0. The molecule has 8 heteroatoms. The minimum Gasteiger partial charge on any atom is -0.460 e. The molecule has 118 valence electrons. The molecular weight excluding hydrogens is 287 g/mol. The Morgan fingerprint density at radius 3 is 2.10 bits per heavy atom. The smallest absolute Gasteiger partial charge is 0.453 e. The van der Waals surface area contributed by atoms with E-state index in [0.29, 0.717) is 19.8 Å². The van der Waals surface area contributed by atoms with E-state index in [9.17, 15) is 31.9 Å². The number of alkyl halides is 5. The van der Waals surface area contributed by atoms with Gasteiger partial charge in [-0.25, -0.2) is 4.79 Å². The minimum atomic E-state index is -5.82. The molecule has 20 heavy (non-hydrogen) atoms. The lowest BCUT2D eigenvalue weighted by atomic mass is 9.95. The lowest BCUT2D eigenvalue weighted by molar-refractivity contribution is -0.295. The topological polar surface area (TPSA) is 46.5 Å². The first-order valence-electron chi connectivity index (χ1n) is 6.34. The maximum Gasteiger partial charge on any atom is 0.453 e. The molecule has 1 N–H and O–H groups in total. The molecule has 1 atom stereocenters. The van der Waals surface area contributed by atoms with E-state index in [1.807, 2.05) is 0 Å². The average Bonchev–Trinajstić information content (AvgIpc) is 2.27. The molecule has 0 heterocycles. The Bertz CT molecular complexity index is 345. The molecule has 0 aromatic heterocycles. The summed E-state index contributed by atoms with van der Waals surface area (Å²) in [4.78, 5) is 11.6. The average molecular weight is 304 g/mol. The third-order valence-electron chi connectivity index (χ3n) is 3.25. The maximum atomic E-state index is 12.9. The van der Waals surface area contributed by atoms with Gasteiger partial charge in [-0.15, -0.1) is 0 Å². The number of aliphatic hydroxyl groups is 1. The number of ether oxygens (including phenoxy) is 1. The zero-order valence-corrected chi connectivity index (χ0v) is 11.0. The molecule has 1 unspecified atom stereocenters. The van der Waals surface area contributed by atoms with Gasteiger partial charge in [-0.2, -0.15) is 22.0 Å². The Morgan fingerprint density at radius 1 is 1.15 bits per heavy atom. The monoisotopic (exact) mass is 304 g/mol. The molecule has 0 aromatic rings. The maximum absolute atomic E-state index is 12.9. The van der Waals surface area contributed by atoms with Crippen LogP contribution in [0.3, 0.4) is 0 Å². The molecule has 0 aliphatic heterocycles. The van der Waals surface area contributed by atoms with Crippen molar-refractivity contribution in [1.82, 2.24) is 0 Å². The summed E-state index contributed by atoms with van der Waals surface area (Å²) in [6.45, 7) is 0.609. The molecule has 0 aromatic carbocycles. The second-order valence-corrected chi connectivity index (χ2v) is 5.32. The van der Waals surface area contributed by atoms with Crippen LogP contribution < -0.4 is 0 Å². The molecule has 1 fully saturated rings. The van der Waals surface area contributed by atoms with E-state index in [-0.39, 0.29) is 0 Å². The summed E-state index contributed by atoms with van der Waals surface area (Å²) in [6.07, 6.45) is -4.80. The third-order valence-corrected chi connectivity index (χ3v) is 3.25. The van der Waals surface area contributed by atoms with Gasteiger partial charge in [0.25, 0.3) is 0 Å².